The van der Waals surface area contributed by atoms with Crippen LogP contribution in [0.15, 0.2) is 12.1 Å². The van der Waals surface area contributed by atoms with Gasteiger partial charge < -0.3 is 10.6 Å². The Labute approximate surface area is 115 Å². The van der Waals surface area contributed by atoms with Crippen LogP contribution in [-0.4, -0.2) is 25.5 Å². The molecule has 1 saturated heterocycles. The Kier molecular flexibility index (Phi) is 5.00. The molecule has 1 fully saturated rings. The molecule has 2 N–H and O–H groups in total. The van der Waals surface area contributed by atoms with E-state index >= 15 is 0 Å². The number of hydrogen-bond donors (Lipinski definition) is 2. The molecule has 0 atom stereocenters. The van der Waals surface area contributed by atoms with E-state index < -0.39 is 23.4 Å². The smallest absolute Gasteiger partial charge is 0.251 e. The molecule has 0 unspecified atom stereocenters. The molecule has 20 heavy (non-hydrogen) atoms. The second-order valence-corrected chi connectivity index (χ2v) is 4.99. The van der Waals surface area contributed by atoms with Gasteiger partial charge in [-0.3, -0.25) is 4.79 Å². The first-order valence-corrected chi connectivity index (χ1v) is 6.71. The number of piperidine rings is 1. The molecule has 0 radical (unpaired) electrons. The molecule has 1 aromatic rings. The first-order valence-electron chi connectivity index (χ1n) is 6.71. The van der Waals surface area contributed by atoms with Crippen LogP contribution in [0.3, 0.4) is 0 Å². The van der Waals surface area contributed by atoms with Gasteiger partial charge in [-0.2, -0.15) is 0 Å². The number of benzene rings is 1. The maximum atomic E-state index is 13.0. The van der Waals surface area contributed by atoms with Crippen LogP contribution in [0.25, 0.3) is 0 Å². The molecule has 1 heterocycles. The second kappa shape index (κ2) is 6.74. The van der Waals surface area contributed by atoms with Crippen LogP contribution in [0.4, 0.5) is 13.2 Å². The van der Waals surface area contributed by atoms with Gasteiger partial charge in [0.2, 0.25) is 0 Å². The number of hydrogen-bond acceptors (Lipinski definition) is 2. The first-order chi connectivity index (χ1) is 9.58. The van der Waals surface area contributed by atoms with Crippen LogP contribution < -0.4 is 10.6 Å². The van der Waals surface area contributed by atoms with Crippen molar-refractivity contribution in [3.8, 4) is 0 Å². The van der Waals surface area contributed by atoms with Gasteiger partial charge in [0.15, 0.2) is 17.5 Å². The van der Waals surface area contributed by atoms with Crippen molar-refractivity contribution in [2.24, 2.45) is 5.92 Å². The van der Waals surface area contributed by atoms with Crippen LogP contribution in [0.1, 0.15) is 29.6 Å². The Morgan fingerprint density at radius 1 is 1.20 bits per heavy atom. The molecule has 1 aliphatic heterocycles. The van der Waals surface area contributed by atoms with Gasteiger partial charge in [-0.25, -0.2) is 13.2 Å². The summed E-state index contributed by atoms with van der Waals surface area (Å²) in [5.74, 6) is -4.30. The highest BCUT2D eigenvalue weighted by molar-refractivity contribution is 5.94. The molecule has 0 aromatic heterocycles. The molecule has 1 amide bonds. The Morgan fingerprint density at radius 3 is 2.40 bits per heavy atom. The number of halogens is 3. The molecule has 110 valence electrons. The first kappa shape index (κ1) is 14.8. The SMILES string of the molecule is O=C(NCCC1CCNCC1)c1cc(F)c(F)c(F)c1. The summed E-state index contributed by atoms with van der Waals surface area (Å²) in [5, 5.41) is 5.86. The standard InChI is InChI=1S/C14H17F3N2O/c15-11-7-10(8-12(16)13(11)17)14(20)19-6-3-9-1-4-18-5-2-9/h7-9,18H,1-6H2,(H,19,20). The largest absolute Gasteiger partial charge is 0.352 e. The van der Waals surface area contributed by atoms with Crippen molar-refractivity contribution in [3.05, 3.63) is 35.1 Å². The lowest BCUT2D eigenvalue weighted by atomic mass is 9.95. The predicted octanol–water partition coefficient (Wildman–Crippen LogP) is 2.22. The van der Waals surface area contributed by atoms with Crippen molar-refractivity contribution in [3.63, 3.8) is 0 Å². The van der Waals surface area contributed by atoms with Crippen molar-refractivity contribution in [1.29, 1.82) is 0 Å². The fraction of sp³-hybridized carbons (Fsp3) is 0.500. The average Bonchev–Trinajstić information content (AvgIpc) is 2.45. The third-order valence-electron chi connectivity index (χ3n) is 3.54. The molecule has 3 nitrogen and oxygen atoms in total. The average molecular weight is 286 g/mol. The van der Waals surface area contributed by atoms with Gasteiger partial charge in [0, 0.05) is 12.1 Å². The van der Waals surface area contributed by atoms with Crippen LogP contribution in [0, 0.1) is 23.4 Å². The van der Waals surface area contributed by atoms with Gasteiger partial charge in [-0.05, 0) is 50.4 Å². The lowest BCUT2D eigenvalue weighted by Crippen LogP contribution is -2.31. The molecule has 0 spiro atoms. The van der Waals surface area contributed by atoms with Gasteiger partial charge >= 0.3 is 0 Å². The van der Waals surface area contributed by atoms with Gasteiger partial charge in [0.25, 0.3) is 5.91 Å². The molecule has 0 aliphatic carbocycles. The quantitative estimate of drug-likeness (QED) is 0.833. The van der Waals surface area contributed by atoms with Crippen LogP contribution in [-0.2, 0) is 0 Å². The number of rotatable bonds is 4. The van der Waals surface area contributed by atoms with Gasteiger partial charge in [0.05, 0.1) is 0 Å². The molecule has 2 rings (SSSR count). The molecular formula is C14H17F3N2O. The Bertz CT molecular complexity index is 464. The molecule has 0 saturated carbocycles. The monoisotopic (exact) mass is 286 g/mol. The van der Waals surface area contributed by atoms with Crippen LogP contribution in [0.5, 0.6) is 0 Å². The second-order valence-electron chi connectivity index (χ2n) is 4.99. The van der Waals surface area contributed by atoms with Crippen LogP contribution >= 0.6 is 0 Å². The highest BCUT2D eigenvalue weighted by Crippen LogP contribution is 2.16. The Balaban J connectivity index is 1.85. The zero-order valence-electron chi connectivity index (χ0n) is 11.0. The lowest BCUT2D eigenvalue weighted by molar-refractivity contribution is 0.0949. The Morgan fingerprint density at radius 2 is 1.80 bits per heavy atom. The topological polar surface area (TPSA) is 41.1 Å². The summed E-state index contributed by atoms with van der Waals surface area (Å²) in [4.78, 5) is 11.7. The summed E-state index contributed by atoms with van der Waals surface area (Å²) in [7, 11) is 0. The van der Waals surface area contributed by atoms with E-state index in [-0.39, 0.29) is 5.56 Å². The summed E-state index contributed by atoms with van der Waals surface area (Å²) in [6, 6.07) is 1.41. The predicted molar refractivity (Wildman–Crippen MR) is 68.9 cm³/mol. The zero-order valence-corrected chi connectivity index (χ0v) is 11.0. The van der Waals surface area contributed by atoms with E-state index in [1.54, 1.807) is 0 Å². The summed E-state index contributed by atoms with van der Waals surface area (Å²) in [6.45, 7) is 2.41. The Hall–Kier alpha value is -1.56. The van der Waals surface area contributed by atoms with E-state index in [0.717, 1.165) is 32.4 Å². The van der Waals surface area contributed by atoms with E-state index in [1.165, 1.54) is 0 Å². The summed E-state index contributed by atoms with van der Waals surface area (Å²) in [6.07, 6.45) is 2.96. The van der Waals surface area contributed by atoms with E-state index in [9.17, 15) is 18.0 Å². The number of nitrogens with one attached hydrogen (secondary N) is 2. The maximum absolute atomic E-state index is 13.0. The van der Waals surface area contributed by atoms with Gasteiger partial charge in [-0.15, -0.1) is 0 Å². The minimum absolute atomic E-state index is 0.202. The summed E-state index contributed by atoms with van der Waals surface area (Å²) in [5.41, 5.74) is -0.202. The fourth-order valence-electron chi connectivity index (χ4n) is 2.35. The minimum Gasteiger partial charge on any atom is -0.352 e. The number of carbonyl (C=O) groups excluding carboxylic acids is 1. The lowest BCUT2D eigenvalue weighted by Gasteiger charge is -2.22. The van der Waals surface area contributed by atoms with Crippen molar-refractivity contribution in [1.82, 2.24) is 10.6 Å². The van der Waals surface area contributed by atoms with Crippen molar-refractivity contribution >= 4 is 5.91 Å². The molecule has 6 heteroatoms. The van der Waals surface area contributed by atoms with E-state index in [2.05, 4.69) is 10.6 Å². The van der Waals surface area contributed by atoms with Crippen LogP contribution in [0.2, 0.25) is 0 Å². The minimum atomic E-state index is -1.56. The van der Waals surface area contributed by atoms with Gasteiger partial charge in [0.1, 0.15) is 0 Å². The zero-order chi connectivity index (χ0) is 14.5. The highest BCUT2D eigenvalue weighted by Gasteiger charge is 2.16. The maximum Gasteiger partial charge on any atom is 0.251 e. The third-order valence-corrected chi connectivity index (χ3v) is 3.54. The normalized spacial score (nSPS) is 16.1. The molecular weight excluding hydrogens is 269 g/mol. The molecule has 1 aliphatic rings. The van der Waals surface area contributed by atoms with E-state index in [0.29, 0.717) is 24.6 Å². The summed E-state index contributed by atoms with van der Waals surface area (Å²) < 4.78 is 38.8. The molecule has 0 bridgehead atoms. The van der Waals surface area contributed by atoms with E-state index in [1.807, 2.05) is 0 Å². The van der Waals surface area contributed by atoms with Crippen molar-refractivity contribution in [2.45, 2.75) is 19.3 Å². The van der Waals surface area contributed by atoms with Crippen molar-refractivity contribution in [2.75, 3.05) is 19.6 Å². The molecule has 1 aromatic carbocycles. The van der Waals surface area contributed by atoms with E-state index in [4.69, 9.17) is 0 Å². The number of carbonyl (C=O) groups is 1. The van der Waals surface area contributed by atoms with Crippen molar-refractivity contribution < 1.29 is 18.0 Å². The highest BCUT2D eigenvalue weighted by atomic mass is 19.2. The number of amides is 1. The summed E-state index contributed by atoms with van der Waals surface area (Å²) >= 11 is 0. The van der Waals surface area contributed by atoms with Gasteiger partial charge in [-0.1, -0.05) is 0 Å². The fourth-order valence-corrected chi connectivity index (χ4v) is 2.35. The third kappa shape index (κ3) is 3.72.